The van der Waals surface area contributed by atoms with Crippen LogP contribution in [-0.2, 0) is 18.9 Å². The van der Waals surface area contributed by atoms with Crippen molar-refractivity contribution in [2.45, 2.75) is 192 Å². The second-order valence-corrected chi connectivity index (χ2v) is 20.2. The van der Waals surface area contributed by atoms with Crippen molar-refractivity contribution < 1.29 is 70.0 Å². The first-order valence-electron chi connectivity index (χ1n) is 21.0. The molecule has 0 radical (unpaired) electrons. The van der Waals surface area contributed by atoms with Gasteiger partial charge < -0.3 is 70.0 Å². The highest BCUT2D eigenvalue weighted by Crippen LogP contribution is 2.76. The highest BCUT2D eigenvalue weighted by molar-refractivity contribution is 5.22. The van der Waals surface area contributed by atoms with Gasteiger partial charge in [-0.3, -0.25) is 0 Å². The molecule has 2 saturated heterocycles. The number of hydrogen-bond acceptors (Lipinski definition) is 14. The van der Waals surface area contributed by atoms with Crippen LogP contribution in [0, 0.1) is 45.3 Å². The minimum absolute atomic E-state index is 0.0224. The van der Waals surface area contributed by atoms with Gasteiger partial charge in [-0.05, 0) is 117 Å². The smallest absolute Gasteiger partial charge is 0.187 e. The number of aliphatic hydroxyl groups excluding tert-OH is 10. The lowest BCUT2D eigenvalue weighted by molar-refractivity contribution is -0.341. The van der Waals surface area contributed by atoms with Gasteiger partial charge in [-0.25, -0.2) is 0 Å². The number of ether oxygens (including phenoxy) is 4. The van der Waals surface area contributed by atoms with E-state index in [0.717, 1.165) is 12.0 Å². The van der Waals surface area contributed by atoms with Gasteiger partial charge in [0.2, 0.25) is 0 Å². The Morgan fingerprint density at radius 1 is 0.732 bits per heavy atom. The molecule has 6 fully saturated rings. The second kappa shape index (κ2) is 15.9. The molecule has 2 heterocycles. The molecule has 0 unspecified atom stereocenters. The summed E-state index contributed by atoms with van der Waals surface area (Å²) in [6.45, 7) is 15.8. The van der Waals surface area contributed by atoms with Crippen LogP contribution >= 0.6 is 0 Å². The van der Waals surface area contributed by atoms with Crippen molar-refractivity contribution in [3.8, 4) is 0 Å². The normalized spacial score (nSPS) is 52.6. The first kappa shape index (κ1) is 44.7. The molecule has 14 nitrogen and oxygen atoms in total. The van der Waals surface area contributed by atoms with Crippen LogP contribution in [0.1, 0.15) is 107 Å². The van der Waals surface area contributed by atoms with E-state index in [1.54, 1.807) is 0 Å². The molecule has 21 atom stereocenters. The monoisotopic (exact) mass is 800 g/mol. The lowest BCUT2D eigenvalue weighted by atomic mass is 9.34. The molecule has 0 amide bonds. The number of hydrogen-bond donors (Lipinski definition) is 10. The fourth-order valence-corrected chi connectivity index (χ4v) is 13.6. The molecule has 324 valence electrons. The predicted octanol–water partition coefficient (Wildman–Crippen LogP) is 1.12. The molecule has 14 heteroatoms. The summed E-state index contributed by atoms with van der Waals surface area (Å²) in [7, 11) is 0. The van der Waals surface area contributed by atoms with Gasteiger partial charge in [-0.15, -0.1) is 0 Å². The largest absolute Gasteiger partial charge is 0.394 e. The molecule has 10 N–H and O–H groups in total. The van der Waals surface area contributed by atoms with Crippen LogP contribution in [0.15, 0.2) is 11.6 Å². The van der Waals surface area contributed by atoms with Crippen molar-refractivity contribution in [2.24, 2.45) is 45.3 Å². The van der Waals surface area contributed by atoms with E-state index in [4.69, 9.17) is 18.9 Å². The van der Waals surface area contributed by atoms with Gasteiger partial charge >= 0.3 is 0 Å². The fourth-order valence-electron chi connectivity index (χ4n) is 13.6. The van der Waals surface area contributed by atoms with Gasteiger partial charge in [-0.1, -0.05) is 46.3 Å². The average Bonchev–Trinajstić information content (AvgIpc) is 3.51. The highest BCUT2D eigenvalue weighted by Gasteiger charge is 2.73. The lowest BCUT2D eigenvalue weighted by Crippen LogP contribution is -2.70. The van der Waals surface area contributed by atoms with Crippen molar-refractivity contribution in [1.82, 2.24) is 0 Å². The molecular weight excluding hydrogens is 728 g/mol. The van der Waals surface area contributed by atoms with E-state index in [9.17, 15) is 51.1 Å². The molecule has 6 aliphatic rings. The van der Waals surface area contributed by atoms with E-state index in [1.165, 1.54) is 0 Å². The topological polar surface area (TPSA) is 239 Å². The van der Waals surface area contributed by atoms with Gasteiger partial charge in [0.1, 0.15) is 48.8 Å². The summed E-state index contributed by atoms with van der Waals surface area (Å²) in [5, 5.41) is 108. The number of allylic oxidation sites excluding steroid dienone is 2. The van der Waals surface area contributed by atoms with Gasteiger partial charge in [0.15, 0.2) is 12.6 Å². The summed E-state index contributed by atoms with van der Waals surface area (Å²) < 4.78 is 24.8. The molecule has 6 rings (SSSR count). The Morgan fingerprint density at radius 2 is 1.30 bits per heavy atom. The van der Waals surface area contributed by atoms with Crippen LogP contribution in [0.4, 0.5) is 0 Å². The zero-order valence-electron chi connectivity index (χ0n) is 34.6. The average molecular weight is 801 g/mol. The van der Waals surface area contributed by atoms with Crippen LogP contribution in [0.3, 0.4) is 0 Å². The molecule has 0 aromatic heterocycles. The van der Waals surface area contributed by atoms with Gasteiger partial charge in [0, 0.05) is 0 Å². The van der Waals surface area contributed by atoms with Gasteiger partial charge in [-0.2, -0.15) is 0 Å². The first-order valence-corrected chi connectivity index (χ1v) is 21.0. The second-order valence-electron chi connectivity index (χ2n) is 20.2. The number of rotatable bonds is 10. The lowest BCUT2D eigenvalue weighted by Gasteiger charge is -2.71. The summed E-state index contributed by atoms with van der Waals surface area (Å²) in [4.78, 5) is 0. The Hall–Kier alpha value is -0.820. The summed E-state index contributed by atoms with van der Waals surface area (Å²) in [5.41, 5.74) is -1.71. The van der Waals surface area contributed by atoms with E-state index in [1.807, 2.05) is 20.8 Å². The number of fused-ring (bicyclic) bond motifs is 5. The molecule has 0 aromatic rings. The SMILES string of the molecule is CC(C)=CCC[C@](C)(O[C@H]1O[C@@H](CO)[C@H](O)[C@H](O)[C@H]1O)[C@H]1CC[C@]2(C)[C@H]1[C@@H](O)C[C@H]1[C@]3(C)CC[C@H](O[C@H]4O[C@@H](CO)[C@H](O)[C@@H](O)[C@H]4O)C(C)(C)[C@@H]3[C@@H](O)C[C@@]12C. The van der Waals surface area contributed by atoms with Crippen molar-refractivity contribution in [1.29, 1.82) is 0 Å². The summed E-state index contributed by atoms with van der Waals surface area (Å²) >= 11 is 0. The van der Waals surface area contributed by atoms with Crippen LogP contribution in [-0.4, -0.2) is 150 Å². The molecular formula is C42H72O14. The van der Waals surface area contributed by atoms with Crippen molar-refractivity contribution >= 4 is 0 Å². The summed E-state index contributed by atoms with van der Waals surface area (Å²) in [6.07, 6.45) is -9.01. The zero-order chi connectivity index (χ0) is 41.5. The molecule has 4 aliphatic carbocycles. The Labute approximate surface area is 331 Å². The van der Waals surface area contributed by atoms with Crippen molar-refractivity contribution in [2.75, 3.05) is 13.2 Å². The maximum absolute atomic E-state index is 12.5. The highest BCUT2D eigenvalue weighted by atomic mass is 16.7. The molecule has 0 aromatic carbocycles. The number of aliphatic hydroxyl groups is 10. The Kier molecular flexibility index (Phi) is 12.7. The Morgan fingerprint density at radius 3 is 1.88 bits per heavy atom. The van der Waals surface area contributed by atoms with E-state index in [-0.39, 0.29) is 23.7 Å². The van der Waals surface area contributed by atoms with Gasteiger partial charge in [0.05, 0.1) is 37.1 Å². The maximum atomic E-state index is 12.5. The maximum Gasteiger partial charge on any atom is 0.187 e. The molecule has 4 saturated carbocycles. The minimum atomic E-state index is -1.58. The fraction of sp³-hybridized carbons (Fsp3) is 0.952. The summed E-state index contributed by atoms with van der Waals surface area (Å²) in [5.74, 6) is -0.671. The van der Waals surface area contributed by atoms with Crippen LogP contribution < -0.4 is 0 Å². The zero-order valence-corrected chi connectivity index (χ0v) is 34.6. The van der Waals surface area contributed by atoms with Crippen LogP contribution in [0.25, 0.3) is 0 Å². The van der Waals surface area contributed by atoms with E-state index in [0.29, 0.717) is 44.9 Å². The third-order valence-corrected chi connectivity index (χ3v) is 16.6. The van der Waals surface area contributed by atoms with E-state index in [2.05, 4.69) is 40.7 Å². The Bertz CT molecular complexity index is 1400. The van der Waals surface area contributed by atoms with Gasteiger partial charge in [0.25, 0.3) is 0 Å². The minimum Gasteiger partial charge on any atom is -0.394 e. The van der Waals surface area contributed by atoms with Crippen molar-refractivity contribution in [3.63, 3.8) is 0 Å². The van der Waals surface area contributed by atoms with E-state index < -0.39 is 120 Å². The van der Waals surface area contributed by atoms with Crippen molar-refractivity contribution in [3.05, 3.63) is 11.6 Å². The quantitative estimate of drug-likeness (QED) is 0.110. The third kappa shape index (κ3) is 7.06. The molecule has 0 spiro atoms. The molecule has 56 heavy (non-hydrogen) atoms. The van der Waals surface area contributed by atoms with Crippen LogP contribution in [0.5, 0.6) is 0 Å². The van der Waals surface area contributed by atoms with E-state index >= 15 is 0 Å². The third-order valence-electron chi connectivity index (χ3n) is 16.6. The standard InChI is InChI=1S/C42H72O14/c1-20(2)10-9-13-42(8,56-37-34(52)32(50)30(48)25(19-44)54-37)21-11-15-40(6)28(21)22(45)16-26-39(5)14-12-27(38(3,4)35(39)23(46)17-41(26,40)7)55-36-33(51)31(49)29(47)24(18-43)53-36/h10,21-37,43-52H,9,11-19H2,1-8H3/t21-,22-,23-,24-,25-,26-,27-,28+,29-,30-,31+,32-,33+,34+,35-,36+,37+,39-,40+,41-,42-/m0/s1. The first-order chi connectivity index (χ1) is 26.0. The molecule has 0 bridgehead atoms. The molecule has 2 aliphatic heterocycles. The summed E-state index contributed by atoms with van der Waals surface area (Å²) in [6, 6.07) is 0. The predicted molar refractivity (Wildman–Crippen MR) is 202 cm³/mol. The Balaban J connectivity index is 1.29. The van der Waals surface area contributed by atoms with Crippen LogP contribution in [0.2, 0.25) is 0 Å².